The van der Waals surface area contributed by atoms with Crippen LogP contribution < -0.4 is 0 Å². The van der Waals surface area contributed by atoms with Crippen molar-refractivity contribution in [3.05, 3.63) is 95.4 Å². The summed E-state index contributed by atoms with van der Waals surface area (Å²) in [5.41, 5.74) is 5.82. The van der Waals surface area contributed by atoms with Crippen LogP contribution in [0.1, 0.15) is 0 Å². The average Bonchev–Trinajstić information content (AvgIpc) is 3.57. The first kappa shape index (κ1) is 20.8. The maximum absolute atomic E-state index is 10.8. The summed E-state index contributed by atoms with van der Waals surface area (Å²) in [5, 5.41) is 19.2. The first-order chi connectivity index (χ1) is 17.1. The first-order valence-corrected chi connectivity index (χ1v) is 11.4. The first-order valence-electron chi connectivity index (χ1n) is 10.6. The summed E-state index contributed by atoms with van der Waals surface area (Å²) < 4.78 is 1.06. The van der Waals surface area contributed by atoms with Crippen LogP contribution in [0.25, 0.3) is 54.8 Å². The second-order valence-corrected chi connectivity index (χ2v) is 8.72. The quantitative estimate of drug-likeness (QED) is 0.246. The maximum atomic E-state index is 10.8. The topological polar surface area (TPSA) is 123 Å². The van der Waals surface area contributed by atoms with Gasteiger partial charge in [0.1, 0.15) is 10.7 Å². The maximum Gasteiger partial charge on any atom is 0.269 e. The van der Waals surface area contributed by atoms with Crippen LogP contribution >= 0.6 is 11.3 Å². The molecule has 6 rings (SSSR count). The molecular weight excluding hydrogens is 462 g/mol. The third-order valence-corrected chi connectivity index (χ3v) is 6.53. The number of nitro groups is 1. The van der Waals surface area contributed by atoms with Crippen LogP contribution in [0.2, 0.25) is 0 Å². The summed E-state index contributed by atoms with van der Waals surface area (Å²) in [6, 6.07) is 20.2. The molecule has 10 heteroatoms. The molecule has 0 atom stereocenters. The summed E-state index contributed by atoms with van der Waals surface area (Å²) in [7, 11) is 0. The van der Waals surface area contributed by atoms with Crippen molar-refractivity contribution in [1.29, 1.82) is 0 Å². The minimum atomic E-state index is -0.425. The highest BCUT2D eigenvalue weighted by Gasteiger charge is 2.11. The average molecular weight is 478 g/mol. The molecule has 9 nitrogen and oxygen atoms in total. The smallest absolute Gasteiger partial charge is 0.269 e. The highest BCUT2D eigenvalue weighted by atomic mass is 32.1. The fourth-order valence-electron chi connectivity index (χ4n) is 3.65. The largest absolute Gasteiger partial charge is 0.274 e. The molecule has 0 aliphatic rings. The zero-order valence-electron chi connectivity index (χ0n) is 18.0. The minimum absolute atomic E-state index is 0.0430. The number of nitrogens with zero attached hydrogens (tertiary/aromatic N) is 6. The third-order valence-electron chi connectivity index (χ3n) is 5.47. The molecule has 2 aromatic carbocycles. The minimum Gasteiger partial charge on any atom is -0.274 e. The predicted octanol–water partition coefficient (Wildman–Crippen LogP) is 5.78. The van der Waals surface area contributed by atoms with Gasteiger partial charge in [0.25, 0.3) is 5.69 Å². The molecule has 0 aliphatic heterocycles. The zero-order chi connectivity index (χ0) is 23.8. The van der Waals surface area contributed by atoms with Crippen molar-refractivity contribution in [3.8, 4) is 44.5 Å². The Hall–Kier alpha value is -4.83. The van der Waals surface area contributed by atoms with E-state index in [1.54, 1.807) is 42.1 Å². The van der Waals surface area contributed by atoms with Gasteiger partial charge in [-0.05, 0) is 35.9 Å². The van der Waals surface area contributed by atoms with Gasteiger partial charge in [-0.2, -0.15) is 5.10 Å². The van der Waals surface area contributed by atoms with Gasteiger partial charge < -0.3 is 0 Å². The van der Waals surface area contributed by atoms with Crippen LogP contribution in [-0.2, 0) is 0 Å². The number of fused-ring (bicyclic) bond motifs is 1. The van der Waals surface area contributed by atoms with Crippen molar-refractivity contribution < 1.29 is 4.92 Å². The molecule has 0 fully saturated rings. The second-order valence-electron chi connectivity index (χ2n) is 7.69. The Morgan fingerprint density at radius 2 is 1.54 bits per heavy atom. The van der Waals surface area contributed by atoms with Crippen molar-refractivity contribution >= 4 is 27.4 Å². The molecule has 0 spiro atoms. The Balaban J connectivity index is 1.21. The lowest BCUT2D eigenvalue weighted by molar-refractivity contribution is -0.384. The number of pyridine rings is 1. The number of thiazole rings is 1. The number of hydrogen-bond acceptors (Lipinski definition) is 8. The Kier molecular flexibility index (Phi) is 5.04. The van der Waals surface area contributed by atoms with E-state index >= 15 is 0 Å². The van der Waals surface area contributed by atoms with Crippen molar-refractivity contribution in [1.82, 2.24) is 30.1 Å². The molecule has 0 amide bonds. The van der Waals surface area contributed by atoms with Gasteiger partial charge in [0, 0.05) is 47.4 Å². The molecule has 0 saturated heterocycles. The lowest BCUT2D eigenvalue weighted by Gasteiger charge is -2.02. The summed E-state index contributed by atoms with van der Waals surface area (Å²) in [6.45, 7) is 0. The van der Waals surface area contributed by atoms with Gasteiger partial charge >= 0.3 is 0 Å². The van der Waals surface area contributed by atoms with Gasteiger partial charge in [-0.1, -0.05) is 24.3 Å². The zero-order valence-corrected chi connectivity index (χ0v) is 18.8. The second kappa shape index (κ2) is 8.50. The van der Waals surface area contributed by atoms with E-state index in [9.17, 15) is 10.1 Å². The molecule has 35 heavy (non-hydrogen) atoms. The van der Waals surface area contributed by atoms with Crippen molar-refractivity contribution in [3.63, 3.8) is 0 Å². The number of hydrogen-bond donors (Lipinski definition) is 1. The molecule has 0 saturated carbocycles. The third kappa shape index (κ3) is 4.02. The number of rotatable bonds is 5. The number of aromatic nitrogens is 6. The fraction of sp³-hybridized carbons (Fsp3) is 0. The van der Waals surface area contributed by atoms with Gasteiger partial charge in [0.2, 0.25) is 0 Å². The molecule has 4 heterocycles. The molecule has 1 N–H and O–H groups in total. The number of aromatic amines is 1. The number of nitrogens with one attached hydrogen (secondary N) is 1. The van der Waals surface area contributed by atoms with Crippen LogP contribution in [0, 0.1) is 10.1 Å². The van der Waals surface area contributed by atoms with Gasteiger partial charge in [-0.25, -0.2) is 19.9 Å². The summed E-state index contributed by atoms with van der Waals surface area (Å²) in [5.74, 6) is 0.507. The molecule has 168 valence electrons. The highest BCUT2D eigenvalue weighted by Crippen LogP contribution is 2.31. The van der Waals surface area contributed by atoms with E-state index in [0.717, 1.165) is 43.3 Å². The van der Waals surface area contributed by atoms with Gasteiger partial charge in [0.15, 0.2) is 11.5 Å². The van der Waals surface area contributed by atoms with Crippen LogP contribution in [0.3, 0.4) is 0 Å². The van der Waals surface area contributed by atoms with Crippen LogP contribution in [0.4, 0.5) is 5.69 Å². The van der Waals surface area contributed by atoms with E-state index in [-0.39, 0.29) is 5.69 Å². The SMILES string of the molecule is O=[N+]([O-])c1ccc(-c2cnc(-c3cc(-c4ccc(-c5nc6ncccc6s5)cc4)n[nH]3)nc2)cc1. The van der Waals surface area contributed by atoms with E-state index < -0.39 is 4.92 Å². The lowest BCUT2D eigenvalue weighted by atomic mass is 10.1. The molecule has 0 unspecified atom stereocenters. The molecule has 4 aromatic heterocycles. The Morgan fingerprint density at radius 3 is 2.26 bits per heavy atom. The van der Waals surface area contributed by atoms with Crippen molar-refractivity contribution in [2.75, 3.05) is 0 Å². The van der Waals surface area contributed by atoms with Gasteiger partial charge in [0.05, 0.1) is 15.3 Å². The van der Waals surface area contributed by atoms with Crippen molar-refractivity contribution in [2.24, 2.45) is 0 Å². The number of benzene rings is 2. The molecule has 6 aromatic rings. The Morgan fingerprint density at radius 1 is 0.829 bits per heavy atom. The van der Waals surface area contributed by atoms with Crippen LogP contribution in [0.15, 0.2) is 85.3 Å². The molecule has 0 radical (unpaired) electrons. The number of nitro benzene ring substituents is 1. The van der Waals surface area contributed by atoms with E-state index in [1.807, 2.05) is 42.5 Å². The van der Waals surface area contributed by atoms with E-state index in [0.29, 0.717) is 11.5 Å². The van der Waals surface area contributed by atoms with E-state index in [1.165, 1.54) is 12.1 Å². The Labute approximate surface area is 202 Å². The van der Waals surface area contributed by atoms with Gasteiger partial charge in [-0.15, -0.1) is 11.3 Å². The fourth-order valence-corrected chi connectivity index (χ4v) is 4.58. The molecule has 0 bridgehead atoms. The predicted molar refractivity (Wildman–Crippen MR) is 134 cm³/mol. The van der Waals surface area contributed by atoms with Crippen molar-refractivity contribution in [2.45, 2.75) is 0 Å². The summed E-state index contributed by atoms with van der Waals surface area (Å²) in [6.07, 6.45) is 5.12. The monoisotopic (exact) mass is 477 g/mol. The standard InChI is InChI=1S/C25H15N7O2S/c33-32(34)19-9-7-15(8-10-19)18-13-27-23(28-14-18)21-12-20(30-31-21)16-3-5-17(6-4-16)25-29-24-22(35-25)2-1-11-26-24/h1-14H,(H,30,31). The highest BCUT2D eigenvalue weighted by molar-refractivity contribution is 7.21. The summed E-state index contributed by atoms with van der Waals surface area (Å²) in [4.78, 5) is 28.2. The number of non-ortho nitro benzene ring substituents is 1. The van der Waals surface area contributed by atoms with E-state index in [4.69, 9.17) is 0 Å². The van der Waals surface area contributed by atoms with Crippen LogP contribution in [0.5, 0.6) is 0 Å². The molecular formula is C25H15N7O2S. The van der Waals surface area contributed by atoms with Crippen LogP contribution in [-0.4, -0.2) is 35.1 Å². The van der Waals surface area contributed by atoms with Gasteiger partial charge in [-0.3, -0.25) is 15.2 Å². The Bertz CT molecular complexity index is 1620. The normalized spacial score (nSPS) is 11.1. The molecule has 0 aliphatic carbocycles. The van der Waals surface area contributed by atoms with E-state index in [2.05, 4.69) is 30.1 Å². The summed E-state index contributed by atoms with van der Waals surface area (Å²) >= 11 is 1.61. The lowest BCUT2D eigenvalue weighted by Crippen LogP contribution is -1.91. The number of H-pyrrole nitrogens is 1.